The first-order valence-corrected chi connectivity index (χ1v) is 6.48. The van der Waals surface area contributed by atoms with Gasteiger partial charge in [-0.1, -0.05) is 0 Å². The van der Waals surface area contributed by atoms with Gasteiger partial charge in [0.2, 0.25) is 0 Å². The Balaban J connectivity index is 2.53. The second kappa shape index (κ2) is 5.50. The number of carbonyl (C=O) groups is 1. The smallest absolute Gasteiger partial charge is 0.325 e. The molecule has 2 aromatic rings. The number of hydrogen-bond acceptors (Lipinski definition) is 4. The van der Waals surface area contributed by atoms with Crippen molar-refractivity contribution in [3.63, 3.8) is 0 Å². The van der Waals surface area contributed by atoms with E-state index in [9.17, 15) is 4.79 Å². The molecular formula is C14H16N2O3S. The molecule has 1 heterocycles. The van der Waals surface area contributed by atoms with Crippen molar-refractivity contribution in [2.45, 2.75) is 20.4 Å². The number of ether oxygens (including phenoxy) is 2. The van der Waals surface area contributed by atoms with Crippen molar-refractivity contribution >= 4 is 34.3 Å². The first kappa shape index (κ1) is 14.3. The number of methoxy groups -OCH3 is 1. The van der Waals surface area contributed by atoms with Gasteiger partial charge in [-0.3, -0.25) is 4.79 Å². The minimum Gasteiger partial charge on any atom is -0.468 e. The predicted molar refractivity (Wildman–Crippen MR) is 80.8 cm³/mol. The Bertz CT molecular complexity index is 691. The molecule has 0 fully saturated rings. The number of rotatable bonds is 3. The van der Waals surface area contributed by atoms with Crippen LogP contribution in [0.15, 0.2) is 18.2 Å². The number of hydrogen-bond donors (Lipinski definition) is 1. The average molecular weight is 292 g/mol. The maximum absolute atomic E-state index is 11.5. The van der Waals surface area contributed by atoms with Gasteiger partial charge in [0.1, 0.15) is 12.3 Å². The van der Waals surface area contributed by atoms with E-state index in [-0.39, 0.29) is 17.7 Å². The Labute approximate surface area is 122 Å². The molecule has 2 rings (SSSR count). The Hall–Kier alpha value is -2.08. The molecule has 0 atom stereocenters. The lowest BCUT2D eigenvalue weighted by atomic mass is 10.1. The number of carbonyl (C=O) groups excluding carboxylic acids is 1. The molecule has 0 radical (unpaired) electrons. The van der Waals surface area contributed by atoms with Crippen LogP contribution >= 0.6 is 12.2 Å². The standard InChI is InChI=1S/C14H16N2O3S/c1-8-9(2)16(7-13(17)18-3)12-5-4-10(6-11(8)12)19-14(15)20/h4-6H,7H2,1-3H3,(H2,15,20). The summed E-state index contributed by atoms with van der Waals surface area (Å²) in [6.45, 7) is 4.14. The SMILES string of the molecule is COC(=O)Cn1c(C)c(C)c2cc(OC(N)=S)ccc21. The summed E-state index contributed by atoms with van der Waals surface area (Å²) in [5.41, 5.74) is 8.41. The number of nitrogens with zero attached hydrogens (tertiary/aromatic N) is 1. The number of esters is 1. The molecule has 20 heavy (non-hydrogen) atoms. The second-order valence-electron chi connectivity index (χ2n) is 4.47. The van der Waals surface area contributed by atoms with E-state index in [1.54, 1.807) is 6.07 Å². The van der Waals surface area contributed by atoms with Gasteiger partial charge < -0.3 is 19.8 Å². The van der Waals surface area contributed by atoms with Crippen molar-refractivity contribution in [1.82, 2.24) is 4.57 Å². The Morgan fingerprint density at radius 3 is 2.70 bits per heavy atom. The lowest BCUT2D eigenvalue weighted by Crippen LogP contribution is -2.15. The van der Waals surface area contributed by atoms with Crippen LogP contribution in [0.1, 0.15) is 11.3 Å². The summed E-state index contributed by atoms with van der Waals surface area (Å²) in [6, 6.07) is 5.52. The van der Waals surface area contributed by atoms with Crippen molar-refractivity contribution in [1.29, 1.82) is 0 Å². The van der Waals surface area contributed by atoms with Crippen molar-refractivity contribution in [2.24, 2.45) is 5.73 Å². The van der Waals surface area contributed by atoms with Gasteiger partial charge in [0.15, 0.2) is 0 Å². The third-order valence-corrected chi connectivity index (χ3v) is 3.43. The van der Waals surface area contributed by atoms with Gasteiger partial charge in [-0.15, -0.1) is 0 Å². The maximum Gasteiger partial charge on any atom is 0.325 e. The highest BCUT2D eigenvalue weighted by Gasteiger charge is 2.14. The molecule has 2 N–H and O–H groups in total. The van der Waals surface area contributed by atoms with Gasteiger partial charge in [-0.05, 0) is 49.8 Å². The fourth-order valence-corrected chi connectivity index (χ4v) is 2.30. The number of aromatic nitrogens is 1. The number of thiocarbonyl (C=S) groups is 1. The molecule has 5 nitrogen and oxygen atoms in total. The van der Waals surface area contributed by atoms with Crippen molar-refractivity contribution in [3.05, 3.63) is 29.5 Å². The Kier molecular flexibility index (Phi) is 3.94. The molecule has 0 aliphatic carbocycles. The van der Waals surface area contributed by atoms with Crippen LogP contribution in [0, 0.1) is 13.8 Å². The summed E-state index contributed by atoms with van der Waals surface area (Å²) in [5, 5.41) is 0.980. The molecule has 106 valence electrons. The van der Waals surface area contributed by atoms with Crippen LogP contribution in [-0.4, -0.2) is 22.8 Å². The predicted octanol–water partition coefficient (Wildman–Crippen LogP) is 2.05. The van der Waals surface area contributed by atoms with E-state index in [2.05, 4.69) is 0 Å². The molecule has 0 unspecified atom stereocenters. The fraction of sp³-hybridized carbons (Fsp3) is 0.286. The molecule has 0 amide bonds. The third kappa shape index (κ3) is 2.60. The summed E-state index contributed by atoms with van der Waals surface area (Å²) in [4.78, 5) is 11.5. The lowest BCUT2D eigenvalue weighted by molar-refractivity contribution is -0.141. The van der Waals surface area contributed by atoms with Crippen molar-refractivity contribution in [3.8, 4) is 5.75 Å². The van der Waals surface area contributed by atoms with Crippen LogP contribution in [0.3, 0.4) is 0 Å². The van der Waals surface area contributed by atoms with Crippen LogP contribution < -0.4 is 10.5 Å². The molecule has 0 bridgehead atoms. The van der Waals surface area contributed by atoms with E-state index in [1.165, 1.54) is 7.11 Å². The van der Waals surface area contributed by atoms with Crippen LogP contribution in [0.2, 0.25) is 0 Å². The highest BCUT2D eigenvalue weighted by Crippen LogP contribution is 2.28. The molecule has 1 aromatic carbocycles. The summed E-state index contributed by atoms with van der Waals surface area (Å²) < 4.78 is 11.9. The van der Waals surface area contributed by atoms with E-state index in [0.717, 1.165) is 22.2 Å². The van der Waals surface area contributed by atoms with Crippen LogP contribution in [-0.2, 0) is 16.1 Å². The zero-order valence-electron chi connectivity index (χ0n) is 11.6. The fourth-order valence-electron chi connectivity index (χ4n) is 2.21. The minimum atomic E-state index is -0.284. The number of benzene rings is 1. The van der Waals surface area contributed by atoms with Gasteiger partial charge in [-0.25, -0.2) is 0 Å². The number of nitrogens with two attached hydrogens (primary N) is 1. The zero-order valence-corrected chi connectivity index (χ0v) is 12.4. The largest absolute Gasteiger partial charge is 0.468 e. The average Bonchev–Trinajstić information content (AvgIpc) is 2.63. The number of fused-ring (bicyclic) bond motifs is 1. The lowest BCUT2D eigenvalue weighted by Gasteiger charge is -2.07. The van der Waals surface area contributed by atoms with Crippen molar-refractivity contribution in [2.75, 3.05) is 7.11 Å². The van der Waals surface area contributed by atoms with E-state index in [1.807, 2.05) is 30.5 Å². The number of aryl methyl sites for hydroxylation is 1. The maximum atomic E-state index is 11.5. The molecule has 6 heteroatoms. The Morgan fingerprint density at radius 2 is 2.10 bits per heavy atom. The summed E-state index contributed by atoms with van der Waals surface area (Å²) in [6.07, 6.45) is 0. The van der Waals surface area contributed by atoms with E-state index >= 15 is 0 Å². The van der Waals surface area contributed by atoms with Crippen LogP contribution in [0.25, 0.3) is 10.9 Å². The van der Waals surface area contributed by atoms with Crippen LogP contribution in [0.5, 0.6) is 5.75 Å². The normalized spacial score (nSPS) is 10.6. The minimum absolute atomic E-state index is 0.0206. The first-order chi connectivity index (χ1) is 9.43. The summed E-state index contributed by atoms with van der Waals surface area (Å²) in [7, 11) is 1.38. The molecule has 1 aromatic heterocycles. The van der Waals surface area contributed by atoms with E-state index < -0.39 is 0 Å². The third-order valence-electron chi connectivity index (χ3n) is 3.34. The summed E-state index contributed by atoms with van der Waals surface area (Å²) >= 11 is 4.73. The molecule has 0 spiro atoms. The molecule has 0 aliphatic heterocycles. The van der Waals surface area contributed by atoms with Crippen molar-refractivity contribution < 1.29 is 14.3 Å². The Morgan fingerprint density at radius 1 is 1.40 bits per heavy atom. The molecule has 0 saturated heterocycles. The second-order valence-corrected chi connectivity index (χ2v) is 4.88. The first-order valence-electron chi connectivity index (χ1n) is 6.07. The van der Waals surface area contributed by atoms with E-state index in [0.29, 0.717) is 5.75 Å². The highest BCUT2D eigenvalue weighted by atomic mass is 32.1. The van der Waals surface area contributed by atoms with E-state index in [4.69, 9.17) is 27.4 Å². The van der Waals surface area contributed by atoms with Gasteiger partial charge in [-0.2, -0.15) is 0 Å². The molecule has 0 saturated carbocycles. The van der Waals surface area contributed by atoms with Crippen LogP contribution in [0.4, 0.5) is 0 Å². The zero-order chi connectivity index (χ0) is 14.9. The molecular weight excluding hydrogens is 276 g/mol. The van der Waals surface area contributed by atoms with Gasteiger partial charge in [0.25, 0.3) is 5.17 Å². The van der Waals surface area contributed by atoms with Gasteiger partial charge in [0.05, 0.1) is 7.11 Å². The van der Waals surface area contributed by atoms with Gasteiger partial charge in [0, 0.05) is 16.6 Å². The quantitative estimate of drug-likeness (QED) is 0.693. The monoisotopic (exact) mass is 292 g/mol. The topological polar surface area (TPSA) is 66.5 Å². The van der Waals surface area contributed by atoms with Gasteiger partial charge >= 0.3 is 5.97 Å². The molecule has 0 aliphatic rings. The summed E-state index contributed by atoms with van der Waals surface area (Å²) in [5.74, 6) is 0.303. The highest BCUT2D eigenvalue weighted by molar-refractivity contribution is 7.80.